The van der Waals surface area contributed by atoms with Gasteiger partial charge in [0.25, 0.3) is 0 Å². The number of hydrogen-bond donors (Lipinski definition) is 1. The Labute approximate surface area is 134 Å². The fourth-order valence-corrected chi connectivity index (χ4v) is 2.08. The van der Waals surface area contributed by atoms with Crippen molar-refractivity contribution in [2.45, 2.75) is 6.61 Å². The van der Waals surface area contributed by atoms with E-state index in [4.69, 9.17) is 24.7 Å². The number of oxime groups is 1. The van der Waals surface area contributed by atoms with Crippen molar-refractivity contribution >= 4 is 5.71 Å². The predicted molar refractivity (Wildman–Crippen MR) is 84.3 cm³/mol. The van der Waals surface area contributed by atoms with Crippen LogP contribution >= 0.6 is 0 Å². The molecule has 0 amide bonds. The molecule has 118 valence electrons. The minimum Gasteiger partial charge on any atom is -0.493 e. The first-order valence-corrected chi connectivity index (χ1v) is 6.78. The number of hydrogen-bond acceptors (Lipinski definition) is 6. The highest BCUT2D eigenvalue weighted by Crippen LogP contribution is 2.31. The highest BCUT2D eigenvalue weighted by molar-refractivity contribution is 6.12. The van der Waals surface area contributed by atoms with E-state index in [0.29, 0.717) is 22.8 Å². The van der Waals surface area contributed by atoms with Crippen molar-refractivity contribution in [2.75, 3.05) is 14.2 Å². The van der Waals surface area contributed by atoms with Crippen LogP contribution in [0.4, 0.5) is 0 Å². The first-order chi connectivity index (χ1) is 11.2. The Bertz CT molecular complexity index is 750. The number of benzene rings is 2. The van der Waals surface area contributed by atoms with E-state index in [0.717, 1.165) is 5.56 Å². The molecule has 0 saturated carbocycles. The first kappa shape index (κ1) is 16.2. The van der Waals surface area contributed by atoms with Gasteiger partial charge in [-0.2, -0.15) is 5.26 Å². The van der Waals surface area contributed by atoms with Crippen molar-refractivity contribution < 1.29 is 19.4 Å². The minimum absolute atomic E-state index is 0.0588. The van der Waals surface area contributed by atoms with E-state index in [9.17, 15) is 0 Å². The Kier molecular flexibility index (Phi) is 5.42. The van der Waals surface area contributed by atoms with E-state index in [1.54, 1.807) is 50.6 Å². The summed E-state index contributed by atoms with van der Waals surface area (Å²) in [6.45, 7) is 0.215. The van der Waals surface area contributed by atoms with Gasteiger partial charge in [-0.05, 0) is 17.7 Å². The summed E-state index contributed by atoms with van der Waals surface area (Å²) >= 11 is 0. The number of methoxy groups -OCH3 is 2. The van der Waals surface area contributed by atoms with Crippen LogP contribution in [0.3, 0.4) is 0 Å². The van der Waals surface area contributed by atoms with Gasteiger partial charge in [-0.25, -0.2) is 0 Å². The zero-order valence-corrected chi connectivity index (χ0v) is 12.8. The summed E-state index contributed by atoms with van der Waals surface area (Å²) in [7, 11) is 3.11. The van der Waals surface area contributed by atoms with Gasteiger partial charge >= 0.3 is 0 Å². The highest BCUT2D eigenvalue weighted by Gasteiger charge is 2.11. The lowest BCUT2D eigenvalue weighted by atomic mass is 10.0. The monoisotopic (exact) mass is 312 g/mol. The van der Waals surface area contributed by atoms with Gasteiger partial charge in [-0.3, -0.25) is 0 Å². The largest absolute Gasteiger partial charge is 0.493 e. The third-order valence-electron chi connectivity index (χ3n) is 3.23. The number of ether oxygens (including phenoxy) is 3. The third kappa shape index (κ3) is 3.71. The Morgan fingerprint density at radius 1 is 1.13 bits per heavy atom. The lowest BCUT2D eigenvalue weighted by molar-refractivity contribution is 0.299. The summed E-state index contributed by atoms with van der Waals surface area (Å²) in [6.07, 6.45) is 0. The summed E-state index contributed by atoms with van der Waals surface area (Å²) in [5.74, 6) is 1.77. The summed E-state index contributed by atoms with van der Waals surface area (Å²) in [5, 5.41) is 20.9. The van der Waals surface area contributed by atoms with Gasteiger partial charge in [0, 0.05) is 11.6 Å². The van der Waals surface area contributed by atoms with E-state index >= 15 is 0 Å². The van der Waals surface area contributed by atoms with E-state index < -0.39 is 0 Å². The molecule has 2 rings (SSSR count). The van der Waals surface area contributed by atoms with Crippen LogP contribution in [-0.2, 0) is 6.61 Å². The molecular weight excluding hydrogens is 296 g/mol. The van der Waals surface area contributed by atoms with Gasteiger partial charge in [0.2, 0.25) is 0 Å². The summed E-state index contributed by atoms with van der Waals surface area (Å²) in [5.41, 5.74) is 1.20. The number of rotatable bonds is 6. The van der Waals surface area contributed by atoms with Crippen LogP contribution in [0.25, 0.3) is 0 Å². The topological polar surface area (TPSA) is 84.1 Å². The second-order valence-electron chi connectivity index (χ2n) is 4.52. The second kappa shape index (κ2) is 7.71. The van der Waals surface area contributed by atoms with Crippen molar-refractivity contribution in [3.8, 4) is 23.3 Å². The average molecular weight is 312 g/mol. The molecule has 0 saturated heterocycles. The molecule has 0 aromatic heterocycles. The summed E-state index contributed by atoms with van der Waals surface area (Å²) in [6, 6.07) is 14.2. The van der Waals surface area contributed by atoms with Crippen LogP contribution in [-0.4, -0.2) is 25.1 Å². The maximum Gasteiger partial charge on any atom is 0.187 e. The van der Waals surface area contributed by atoms with Crippen LogP contribution in [0.1, 0.15) is 11.1 Å². The van der Waals surface area contributed by atoms with Crippen LogP contribution in [0.2, 0.25) is 0 Å². The average Bonchev–Trinajstić information content (AvgIpc) is 2.61. The van der Waals surface area contributed by atoms with Crippen LogP contribution in [0.15, 0.2) is 47.6 Å². The van der Waals surface area contributed by atoms with Crippen molar-refractivity contribution in [2.24, 2.45) is 5.16 Å². The van der Waals surface area contributed by atoms with E-state index in [1.807, 2.05) is 12.1 Å². The van der Waals surface area contributed by atoms with Gasteiger partial charge < -0.3 is 19.4 Å². The van der Waals surface area contributed by atoms with Crippen LogP contribution in [0, 0.1) is 11.3 Å². The Balaban J connectivity index is 2.21. The van der Waals surface area contributed by atoms with E-state index in [1.165, 1.54) is 0 Å². The molecule has 0 spiro atoms. The summed E-state index contributed by atoms with van der Waals surface area (Å²) < 4.78 is 16.1. The van der Waals surface area contributed by atoms with Crippen molar-refractivity contribution in [1.82, 2.24) is 0 Å². The van der Waals surface area contributed by atoms with Gasteiger partial charge in [0.1, 0.15) is 18.4 Å². The lowest BCUT2D eigenvalue weighted by Crippen LogP contribution is -2.06. The molecule has 1 N–H and O–H groups in total. The van der Waals surface area contributed by atoms with Gasteiger partial charge in [-0.15, -0.1) is 0 Å². The molecule has 0 radical (unpaired) electrons. The molecule has 6 nitrogen and oxygen atoms in total. The molecule has 0 bridgehead atoms. The molecule has 0 heterocycles. The van der Waals surface area contributed by atoms with Crippen molar-refractivity contribution in [1.29, 1.82) is 5.26 Å². The zero-order chi connectivity index (χ0) is 16.7. The Hall–Kier alpha value is -3.20. The molecular formula is C17H16N2O4. The standard InChI is InChI=1S/C17H16N2O4/c1-21-16-8-7-13(9-17(16)22-2)23-11-12-5-3-4-6-14(12)15(10-18)19-20/h3-9,20H,11H2,1-2H3. The van der Waals surface area contributed by atoms with Crippen LogP contribution < -0.4 is 14.2 Å². The molecule has 2 aromatic carbocycles. The second-order valence-corrected chi connectivity index (χ2v) is 4.52. The smallest absolute Gasteiger partial charge is 0.187 e. The first-order valence-electron chi connectivity index (χ1n) is 6.78. The quantitative estimate of drug-likeness (QED) is 0.503. The molecule has 0 aliphatic rings. The van der Waals surface area contributed by atoms with Crippen molar-refractivity contribution in [3.05, 3.63) is 53.6 Å². The van der Waals surface area contributed by atoms with Gasteiger partial charge in [0.05, 0.1) is 14.2 Å². The van der Waals surface area contributed by atoms with Gasteiger partial charge in [0.15, 0.2) is 17.2 Å². The molecule has 0 fully saturated rings. The molecule has 6 heteroatoms. The Morgan fingerprint density at radius 3 is 2.52 bits per heavy atom. The fourth-order valence-electron chi connectivity index (χ4n) is 2.08. The Morgan fingerprint density at radius 2 is 1.87 bits per heavy atom. The van der Waals surface area contributed by atoms with Gasteiger partial charge in [-0.1, -0.05) is 29.4 Å². The number of nitrogens with zero attached hydrogens (tertiary/aromatic N) is 2. The fraction of sp³-hybridized carbons (Fsp3) is 0.176. The predicted octanol–water partition coefficient (Wildman–Crippen LogP) is 2.98. The van der Waals surface area contributed by atoms with Crippen LogP contribution in [0.5, 0.6) is 17.2 Å². The maximum absolute atomic E-state index is 9.00. The molecule has 2 aromatic rings. The minimum atomic E-state index is -0.0588. The molecule has 0 aliphatic heterocycles. The maximum atomic E-state index is 9.00. The zero-order valence-electron chi connectivity index (χ0n) is 12.8. The van der Waals surface area contributed by atoms with E-state index in [2.05, 4.69) is 5.16 Å². The SMILES string of the molecule is COc1ccc(OCc2ccccc2C(C#N)=NO)cc1OC. The number of nitriles is 1. The lowest BCUT2D eigenvalue weighted by Gasteiger charge is -2.12. The molecule has 0 aliphatic carbocycles. The molecule has 0 unspecified atom stereocenters. The third-order valence-corrected chi connectivity index (χ3v) is 3.23. The molecule has 0 atom stereocenters. The summed E-state index contributed by atoms with van der Waals surface area (Å²) in [4.78, 5) is 0. The normalized spacial score (nSPS) is 10.7. The van der Waals surface area contributed by atoms with E-state index in [-0.39, 0.29) is 12.3 Å². The molecule has 23 heavy (non-hydrogen) atoms. The van der Waals surface area contributed by atoms with Crippen molar-refractivity contribution in [3.63, 3.8) is 0 Å². The highest BCUT2D eigenvalue weighted by atomic mass is 16.5.